The van der Waals surface area contributed by atoms with Gasteiger partial charge in [-0.05, 0) is 24.0 Å². The number of benzene rings is 1. The molecular formula is C15H24IN3O2. The second kappa shape index (κ2) is 9.97. The molecule has 1 aliphatic rings. The van der Waals surface area contributed by atoms with Gasteiger partial charge in [0, 0.05) is 26.8 Å². The number of rotatable bonds is 5. The van der Waals surface area contributed by atoms with Gasteiger partial charge in [-0.1, -0.05) is 24.3 Å². The summed E-state index contributed by atoms with van der Waals surface area (Å²) in [6.45, 7) is 2.98. The summed E-state index contributed by atoms with van der Waals surface area (Å²) in [7, 11) is 1.67. The molecule has 0 amide bonds. The maximum Gasteiger partial charge on any atom is 0.188 e. The summed E-state index contributed by atoms with van der Waals surface area (Å²) < 4.78 is 11.2. The van der Waals surface area contributed by atoms with Crippen LogP contribution in [-0.4, -0.2) is 32.3 Å². The normalized spacial score (nSPS) is 16.3. The first-order valence-electron chi connectivity index (χ1n) is 7.01. The van der Waals surface area contributed by atoms with Crippen LogP contribution >= 0.6 is 24.0 Å². The number of halogens is 1. The van der Waals surface area contributed by atoms with E-state index in [9.17, 15) is 0 Å². The number of ether oxygens (including phenoxy) is 2. The van der Waals surface area contributed by atoms with Crippen LogP contribution in [-0.2, 0) is 22.6 Å². The quantitative estimate of drug-likeness (QED) is 0.447. The highest BCUT2D eigenvalue weighted by molar-refractivity contribution is 14.0. The van der Waals surface area contributed by atoms with Crippen LogP contribution < -0.4 is 11.1 Å². The van der Waals surface area contributed by atoms with Gasteiger partial charge in [0.2, 0.25) is 0 Å². The number of nitrogens with zero attached hydrogens (tertiary/aromatic N) is 1. The van der Waals surface area contributed by atoms with E-state index in [1.165, 1.54) is 11.1 Å². The van der Waals surface area contributed by atoms with Gasteiger partial charge in [-0.25, -0.2) is 0 Å². The van der Waals surface area contributed by atoms with E-state index in [0.717, 1.165) is 26.1 Å². The van der Waals surface area contributed by atoms with Crippen LogP contribution in [0.15, 0.2) is 29.3 Å². The second-order valence-electron chi connectivity index (χ2n) is 4.90. The van der Waals surface area contributed by atoms with Crippen molar-refractivity contribution < 1.29 is 9.47 Å². The number of hydrogen-bond acceptors (Lipinski definition) is 3. The highest BCUT2D eigenvalue weighted by atomic mass is 127. The maximum absolute atomic E-state index is 5.89. The van der Waals surface area contributed by atoms with Crippen LogP contribution in [0.3, 0.4) is 0 Å². The van der Waals surface area contributed by atoms with Crippen LogP contribution in [0, 0.1) is 0 Å². The molecule has 3 N–H and O–H groups in total. The van der Waals surface area contributed by atoms with E-state index in [-0.39, 0.29) is 24.0 Å². The lowest BCUT2D eigenvalue weighted by Crippen LogP contribution is -2.30. The van der Waals surface area contributed by atoms with Gasteiger partial charge in [0.1, 0.15) is 0 Å². The summed E-state index contributed by atoms with van der Waals surface area (Å²) in [5.41, 5.74) is 7.95. The Labute approximate surface area is 143 Å². The molecule has 1 aromatic rings. The third kappa shape index (κ3) is 6.62. The first kappa shape index (κ1) is 18.2. The fourth-order valence-electron chi connectivity index (χ4n) is 2.08. The lowest BCUT2D eigenvalue weighted by atomic mass is 10.1. The molecule has 0 aliphatic carbocycles. The third-order valence-electron chi connectivity index (χ3n) is 3.39. The zero-order chi connectivity index (χ0) is 14.2. The molecule has 1 saturated heterocycles. The van der Waals surface area contributed by atoms with Crippen molar-refractivity contribution in [3.8, 4) is 0 Å². The SMILES string of the molecule is CN=C(N)NCc1ccc(COC2CCOCC2)cc1.I. The topological polar surface area (TPSA) is 68.9 Å². The van der Waals surface area contributed by atoms with Gasteiger partial charge in [0.25, 0.3) is 0 Å². The van der Waals surface area contributed by atoms with E-state index in [1.54, 1.807) is 7.05 Å². The van der Waals surface area contributed by atoms with Crippen LogP contribution in [0.1, 0.15) is 24.0 Å². The largest absolute Gasteiger partial charge is 0.381 e. The summed E-state index contributed by atoms with van der Waals surface area (Å²) in [4.78, 5) is 3.86. The monoisotopic (exact) mass is 405 g/mol. The van der Waals surface area contributed by atoms with Crippen molar-refractivity contribution in [1.82, 2.24) is 5.32 Å². The van der Waals surface area contributed by atoms with Gasteiger partial charge in [-0.15, -0.1) is 24.0 Å². The van der Waals surface area contributed by atoms with Crippen molar-refractivity contribution in [2.75, 3.05) is 20.3 Å². The fraction of sp³-hybridized carbons (Fsp3) is 0.533. The highest BCUT2D eigenvalue weighted by Gasteiger charge is 2.13. The van der Waals surface area contributed by atoms with Gasteiger partial charge in [-0.3, -0.25) is 4.99 Å². The average molecular weight is 405 g/mol. The molecule has 1 aromatic carbocycles. The van der Waals surface area contributed by atoms with Crippen molar-refractivity contribution in [2.45, 2.75) is 32.1 Å². The molecular weight excluding hydrogens is 381 g/mol. The van der Waals surface area contributed by atoms with Crippen molar-refractivity contribution >= 4 is 29.9 Å². The number of nitrogens with one attached hydrogen (secondary N) is 1. The first-order valence-corrected chi connectivity index (χ1v) is 7.01. The van der Waals surface area contributed by atoms with Crippen LogP contribution in [0.2, 0.25) is 0 Å². The van der Waals surface area contributed by atoms with Gasteiger partial charge in [-0.2, -0.15) is 0 Å². The smallest absolute Gasteiger partial charge is 0.188 e. The third-order valence-corrected chi connectivity index (χ3v) is 3.39. The Morgan fingerprint density at radius 1 is 1.29 bits per heavy atom. The minimum Gasteiger partial charge on any atom is -0.381 e. The lowest BCUT2D eigenvalue weighted by Gasteiger charge is -2.22. The maximum atomic E-state index is 5.89. The molecule has 118 valence electrons. The van der Waals surface area contributed by atoms with E-state index < -0.39 is 0 Å². The van der Waals surface area contributed by atoms with Crippen LogP contribution in [0.5, 0.6) is 0 Å². The molecule has 0 bridgehead atoms. The summed E-state index contributed by atoms with van der Waals surface area (Å²) in [5, 5.41) is 3.03. The summed E-state index contributed by atoms with van der Waals surface area (Å²) in [6.07, 6.45) is 2.33. The van der Waals surface area contributed by atoms with Crippen molar-refractivity contribution in [2.24, 2.45) is 10.7 Å². The fourth-order valence-corrected chi connectivity index (χ4v) is 2.08. The van der Waals surface area contributed by atoms with Gasteiger partial charge >= 0.3 is 0 Å². The van der Waals surface area contributed by atoms with E-state index in [2.05, 4.69) is 34.6 Å². The van der Waals surface area contributed by atoms with Crippen LogP contribution in [0.25, 0.3) is 0 Å². The van der Waals surface area contributed by atoms with Gasteiger partial charge < -0.3 is 20.5 Å². The molecule has 5 nitrogen and oxygen atoms in total. The summed E-state index contributed by atoms with van der Waals surface area (Å²) in [5.74, 6) is 0.455. The van der Waals surface area contributed by atoms with Crippen molar-refractivity contribution in [3.63, 3.8) is 0 Å². The summed E-state index contributed by atoms with van der Waals surface area (Å²) in [6, 6.07) is 8.35. The molecule has 0 spiro atoms. The molecule has 21 heavy (non-hydrogen) atoms. The molecule has 1 heterocycles. The predicted octanol–water partition coefficient (Wildman–Crippen LogP) is 2.03. The number of hydrogen-bond donors (Lipinski definition) is 2. The molecule has 0 aromatic heterocycles. The molecule has 1 fully saturated rings. The zero-order valence-corrected chi connectivity index (χ0v) is 14.7. The molecule has 0 saturated carbocycles. The van der Waals surface area contributed by atoms with Crippen molar-refractivity contribution in [3.05, 3.63) is 35.4 Å². The summed E-state index contributed by atoms with van der Waals surface area (Å²) >= 11 is 0. The second-order valence-corrected chi connectivity index (χ2v) is 4.90. The Kier molecular flexibility index (Phi) is 8.63. The van der Waals surface area contributed by atoms with E-state index in [4.69, 9.17) is 15.2 Å². The Morgan fingerprint density at radius 3 is 2.52 bits per heavy atom. The Balaban J connectivity index is 0.00000220. The Hall–Kier alpha value is -0.860. The van der Waals surface area contributed by atoms with Crippen LogP contribution in [0.4, 0.5) is 0 Å². The number of nitrogens with two attached hydrogens (primary N) is 1. The number of guanidine groups is 1. The molecule has 1 aliphatic heterocycles. The van der Waals surface area contributed by atoms with Gasteiger partial charge in [0.15, 0.2) is 5.96 Å². The molecule has 0 radical (unpaired) electrons. The zero-order valence-electron chi connectivity index (χ0n) is 12.4. The lowest BCUT2D eigenvalue weighted by molar-refractivity contribution is -0.0390. The minimum absolute atomic E-state index is 0. The highest BCUT2D eigenvalue weighted by Crippen LogP contribution is 2.13. The van der Waals surface area contributed by atoms with E-state index in [0.29, 0.717) is 25.2 Å². The molecule has 0 unspecified atom stereocenters. The Bertz CT molecular complexity index is 431. The average Bonchev–Trinajstić information content (AvgIpc) is 2.52. The van der Waals surface area contributed by atoms with Gasteiger partial charge in [0.05, 0.1) is 12.7 Å². The minimum atomic E-state index is 0. The van der Waals surface area contributed by atoms with Crippen molar-refractivity contribution in [1.29, 1.82) is 0 Å². The predicted molar refractivity (Wildman–Crippen MR) is 94.9 cm³/mol. The molecule has 6 heteroatoms. The molecule has 2 rings (SSSR count). The standard InChI is InChI=1S/C15H23N3O2.HI/c1-17-15(16)18-10-12-2-4-13(5-3-12)11-20-14-6-8-19-9-7-14;/h2-5,14H,6-11H2,1H3,(H3,16,17,18);1H. The Morgan fingerprint density at radius 2 is 1.90 bits per heavy atom. The molecule has 0 atom stereocenters. The van der Waals surface area contributed by atoms with E-state index >= 15 is 0 Å². The first-order chi connectivity index (χ1) is 9.78. The van der Waals surface area contributed by atoms with E-state index in [1.807, 2.05) is 0 Å². The number of aliphatic imine (C=N–C) groups is 1.